The lowest BCUT2D eigenvalue weighted by molar-refractivity contribution is 0.255. The molecule has 2 rings (SSSR count). The number of nitrogens with zero attached hydrogens (tertiary/aromatic N) is 2. The molecule has 1 aliphatic rings. The summed E-state index contributed by atoms with van der Waals surface area (Å²) in [4.78, 5) is 3.99. The second-order valence-electron chi connectivity index (χ2n) is 3.70. The zero-order chi connectivity index (χ0) is 9.10. The lowest BCUT2D eigenvalue weighted by atomic mass is 9.84. The van der Waals surface area contributed by atoms with Crippen LogP contribution in [0.5, 0.6) is 0 Å². The average Bonchev–Trinajstić information content (AvgIpc) is 2.71. The van der Waals surface area contributed by atoms with E-state index in [4.69, 9.17) is 10.3 Å². The molecule has 0 aromatic carbocycles. The van der Waals surface area contributed by atoms with Crippen molar-refractivity contribution < 1.29 is 4.52 Å². The molecule has 2 N–H and O–H groups in total. The number of hydrogen-bond acceptors (Lipinski definition) is 4. The van der Waals surface area contributed by atoms with Crippen molar-refractivity contribution in [2.45, 2.75) is 38.1 Å². The molecule has 4 heteroatoms. The Morgan fingerprint density at radius 2 is 2.15 bits per heavy atom. The van der Waals surface area contributed by atoms with Crippen LogP contribution in [0, 0.1) is 5.92 Å². The van der Waals surface area contributed by atoms with Crippen molar-refractivity contribution in [3.63, 3.8) is 0 Å². The normalized spacial score (nSPS) is 21.6. The molecule has 0 spiro atoms. The highest BCUT2D eigenvalue weighted by atomic mass is 16.5. The standard InChI is InChI=1S/C9H15N3O/c10-8(9-11-6-12-13-9)7-4-2-1-3-5-7/h6-8H,1-5,10H2. The van der Waals surface area contributed by atoms with E-state index in [9.17, 15) is 0 Å². The van der Waals surface area contributed by atoms with Gasteiger partial charge in [0.25, 0.3) is 0 Å². The van der Waals surface area contributed by atoms with Gasteiger partial charge in [0.1, 0.15) is 0 Å². The van der Waals surface area contributed by atoms with Gasteiger partial charge in [-0.2, -0.15) is 4.98 Å². The molecule has 1 aromatic heterocycles. The Hall–Kier alpha value is -0.900. The van der Waals surface area contributed by atoms with Gasteiger partial charge in [-0.05, 0) is 18.8 Å². The van der Waals surface area contributed by atoms with Gasteiger partial charge in [0.2, 0.25) is 5.89 Å². The van der Waals surface area contributed by atoms with Crippen LogP contribution >= 0.6 is 0 Å². The molecule has 13 heavy (non-hydrogen) atoms. The second-order valence-corrected chi connectivity index (χ2v) is 3.70. The number of hydrogen-bond donors (Lipinski definition) is 1. The third-order valence-corrected chi connectivity index (χ3v) is 2.82. The van der Waals surface area contributed by atoms with E-state index >= 15 is 0 Å². The summed E-state index contributed by atoms with van der Waals surface area (Å²) in [5.74, 6) is 1.13. The number of aromatic nitrogens is 2. The van der Waals surface area contributed by atoms with E-state index in [0.717, 1.165) is 0 Å². The predicted molar refractivity (Wildman–Crippen MR) is 47.8 cm³/mol. The summed E-state index contributed by atoms with van der Waals surface area (Å²) in [6, 6.07) is -0.0530. The van der Waals surface area contributed by atoms with E-state index in [0.29, 0.717) is 11.8 Å². The van der Waals surface area contributed by atoms with Gasteiger partial charge in [-0.1, -0.05) is 24.4 Å². The lowest BCUT2D eigenvalue weighted by Gasteiger charge is -2.24. The molecule has 1 fully saturated rings. The van der Waals surface area contributed by atoms with Crippen LogP contribution in [0.4, 0.5) is 0 Å². The van der Waals surface area contributed by atoms with Crippen LogP contribution in [0.1, 0.15) is 44.0 Å². The van der Waals surface area contributed by atoms with Crippen molar-refractivity contribution in [2.75, 3.05) is 0 Å². The molecule has 1 unspecified atom stereocenters. The summed E-state index contributed by atoms with van der Waals surface area (Å²) in [6.07, 6.45) is 7.72. The van der Waals surface area contributed by atoms with Crippen LogP contribution in [0.3, 0.4) is 0 Å². The second kappa shape index (κ2) is 3.87. The van der Waals surface area contributed by atoms with Crippen LogP contribution in [0.15, 0.2) is 10.9 Å². The molecule has 0 aliphatic heterocycles. The number of nitrogens with two attached hydrogens (primary N) is 1. The van der Waals surface area contributed by atoms with Gasteiger partial charge in [0, 0.05) is 0 Å². The maximum atomic E-state index is 6.02. The zero-order valence-electron chi connectivity index (χ0n) is 7.65. The summed E-state index contributed by atoms with van der Waals surface area (Å²) < 4.78 is 4.96. The molecule has 0 saturated heterocycles. The first-order valence-corrected chi connectivity index (χ1v) is 4.90. The van der Waals surface area contributed by atoms with Gasteiger partial charge in [-0.3, -0.25) is 0 Å². The van der Waals surface area contributed by atoms with Crippen molar-refractivity contribution in [3.05, 3.63) is 12.2 Å². The van der Waals surface area contributed by atoms with Gasteiger partial charge in [0.05, 0.1) is 6.04 Å². The first-order valence-electron chi connectivity index (χ1n) is 4.90. The smallest absolute Gasteiger partial charge is 0.243 e. The molecule has 0 bridgehead atoms. The first kappa shape index (κ1) is 8.69. The molecule has 0 amide bonds. The molecular formula is C9H15N3O. The summed E-state index contributed by atoms with van der Waals surface area (Å²) in [7, 11) is 0. The summed E-state index contributed by atoms with van der Waals surface area (Å²) in [5.41, 5.74) is 6.02. The highest BCUT2D eigenvalue weighted by molar-refractivity contribution is 4.90. The molecule has 1 aromatic rings. The molecule has 72 valence electrons. The van der Waals surface area contributed by atoms with Gasteiger partial charge < -0.3 is 10.3 Å². The van der Waals surface area contributed by atoms with Gasteiger partial charge in [-0.15, -0.1) is 0 Å². The van der Waals surface area contributed by atoms with Crippen LogP contribution in [-0.4, -0.2) is 10.1 Å². The Kier molecular flexibility index (Phi) is 2.59. The Labute approximate surface area is 77.5 Å². The molecule has 1 aliphatic carbocycles. The fraction of sp³-hybridized carbons (Fsp3) is 0.778. The Bertz CT molecular complexity index is 241. The minimum Gasteiger partial charge on any atom is -0.338 e. The van der Waals surface area contributed by atoms with Crippen LogP contribution in [0.2, 0.25) is 0 Å². The molecule has 1 heterocycles. The number of rotatable bonds is 2. The van der Waals surface area contributed by atoms with E-state index in [1.54, 1.807) is 0 Å². The SMILES string of the molecule is NC(c1ncno1)C1CCCCC1. The monoisotopic (exact) mass is 181 g/mol. The third-order valence-electron chi connectivity index (χ3n) is 2.82. The highest BCUT2D eigenvalue weighted by Crippen LogP contribution is 2.31. The average molecular weight is 181 g/mol. The topological polar surface area (TPSA) is 64.9 Å². The van der Waals surface area contributed by atoms with E-state index in [2.05, 4.69) is 10.1 Å². The predicted octanol–water partition coefficient (Wildman–Crippen LogP) is 1.65. The first-order chi connectivity index (χ1) is 6.38. The van der Waals surface area contributed by atoms with Gasteiger partial charge in [-0.25, -0.2) is 0 Å². The molecule has 4 nitrogen and oxygen atoms in total. The van der Waals surface area contributed by atoms with E-state index in [1.807, 2.05) is 0 Å². The minimum atomic E-state index is -0.0530. The summed E-state index contributed by atoms with van der Waals surface area (Å²) in [5, 5.41) is 3.57. The summed E-state index contributed by atoms with van der Waals surface area (Å²) in [6.45, 7) is 0. The molecule has 1 atom stereocenters. The highest BCUT2D eigenvalue weighted by Gasteiger charge is 2.25. The van der Waals surface area contributed by atoms with Crippen molar-refractivity contribution in [2.24, 2.45) is 11.7 Å². The fourth-order valence-corrected chi connectivity index (χ4v) is 2.02. The van der Waals surface area contributed by atoms with Crippen molar-refractivity contribution in [1.82, 2.24) is 10.1 Å². The van der Waals surface area contributed by atoms with E-state index < -0.39 is 0 Å². The Balaban J connectivity index is 1.99. The molecule has 1 saturated carbocycles. The Morgan fingerprint density at radius 1 is 1.38 bits per heavy atom. The maximum absolute atomic E-state index is 6.02. The quantitative estimate of drug-likeness (QED) is 0.753. The maximum Gasteiger partial charge on any atom is 0.243 e. The lowest BCUT2D eigenvalue weighted by Crippen LogP contribution is -2.23. The van der Waals surface area contributed by atoms with Crippen LogP contribution < -0.4 is 5.73 Å². The Morgan fingerprint density at radius 3 is 2.77 bits per heavy atom. The summed E-state index contributed by atoms with van der Waals surface area (Å²) >= 11 is 0. The largest absolute Gasteiger partial charge is 0.338 e. The molecular weight excluding hydrogens is 166 g/mol. The fourth-order valence-electron chi connectivity index (χ4n) is 2.02. The third kappa shape index (κ3) is 1.88. The van der Waals surface area contributed by atoms with Crippen molar-refractivity contribution in [1.29, 1.82) is 0 Å². The van der Waals surface area contributed by atoms with Gasteiger partial charge >= 0.3 is 0 Å². The van der Waals surface area contributed by atoms with E-state index in [-0.39, 0.29) is 6.04 Å². The van der Waals surface area contributed by atoms with Gasteiger partial charge in [0.15, 0.2) is 6.33 Å². The molecule has 0 radical (unpaired) electrons. The van der Waals surface area contributed by atoms with Crippen LogP contribution in [0.25, 0.3) is 0 Å². The van der Waals surface area contributed by atoms with Crippen molar-refractivity contribution >= 4 is 0 Å². The zero-order valence-corrected chi connectivity index (χ0v) is 7.65. The van der Waals surface area contributed by atoms with Crippen molar-refractivity contribution in [3.8, 4) is 0 Å². The van der Waals surface area contributed by atoms with E-state index in [1.165, 1.54) is 38.4 Å². The minimum absolute atomic E-state index is 0.0530. The van der Waals surface area contributed by atoms with Crippen LogP contribution in [-0.2, 0) is 0 Å².